The minimum Gasteiger partial charge on any atom is -0.497 e. The van der Waals surface area contributed by atoms with Gasteiger partial charge >= 0.3 is 0 Å². The van der Waals surface area contributed by atoms with Gasteiger partial charge in [0.2, 0.25) is 0 Å². The van der Waals surface area contributed by atoms with Gasteiger partial charge in [0.25, 0.3) is 5.91 Å². The Balaban J connectivity index is 1.49. The predicted octanol–water partition coefficient (Wildman–Crippen LogP) is 3.71. The highest BCUT2D eigenvalue weighted by atomic mass is 16.5. The van der Waals surface area contributed by atoms with E-state index in [1.54, 1.807) is 37.6 Å². The number of nitrogens with one attached hydrogen (secondary N) is 1. The number of nitrogens with zero attached hydrogens (tertiary/aromatic N) is 3. The Hall–Kier alpha value is -3.74. The molecule has 0 saturated carbocycles. The van der Waals surface area contributed by atoms with Gasteiger partial charge in [0.15, 0.2) is 11.5 Å². The molecule has 0 saturated heterocycles. The zero-order chi connectivity index (χ0) is 20.2. The van der Waals surface area contributed by atoms with Gasteiger partial charge in [-0.2, -0.15) is 0 Å². The average Bonchev–Trinajstić information content (AvgIpc) is 3.16. The highest BCUT2D eigenvalue weighted by molar-refractivity contribution is 5.97. The van der Waals surface area contributed by atoms with Crippen LogP contribution in [0.15, 0.2) is 65.5 Å². The molecule has 4 rings (SSSR count). The van der Waals surface area contributed by atoms with Crippen molar-refractivity contribution >= 4 is 17.0 Å². The monoisotopic (exact) mass is 388 g/mol. The molecular weight excluding hydrogens is 368 g/mol. The molecule has 2 heterocycles. The number of aromatic nitrogens is 3. The van der Waals surface area contributed by atoms with Crippen molar-refractivity contribution in [3.63, 3.8) is 0 Å². The number of methoxy groups -OCH3 is 1. The molecule has 0 aliphatic heterocycles. The minimum atomic E-state index is -0.235. The summed E-state index contributed by atoms with van der Waals surface area (Å²) in [6.45, 7) is 1.88. The number of amides is 1. The molecule has 2 aromatic carbocycles. The van der Waals surface area contributed by atoms with Crippen LogP contribution in [0, 0.1) is 0 Å². The Labute approximate surface area is 167 Å². The van der Waals surface area contributed by atoms with Crippen LogP contribution in [0.4, 0.5) is 0 Å². The number of ether oxygens (including phenoxy) is 1. The maximum atomic E-state index is 12.6. The first-order chi connectivity index (χ1) is 14.1. The normalized spacial score (nSPS) is 11.9. The van der Waals surface area contributed by atoms with Crippen molar-refractivity contribution in [3.8, 4) is 5.75 Å². The van der Waals surface area contributed by atoms with Crippen LogP contribution in [-0.4, -0.2) is 28.0 Å². The van der Waals surface area contributed by atoms with Crippen LogP contribution in [0.5, 0.6) is 5.75 Å². The first-order valence-corrected chi connectivity index (χ1v) is 9.21. The summed E-state index contributed by atoms with van der Waals surface area (Å²) in [6.07, 6.45) is 3.67. The van der Waals surface area contributed by atoms with Gasteiger partial charge in [-0.25, -0.2) is 15.0 Å². The molecule has 146 valence electrons. The van der Waals surface area contributed by atoms with Crippen molar-refractivity contribution in [3.05, 3.63) is 83.8 Å². The van der Waals surface area contributed by atoms with Crippen molar-refractivity contribution in [2.24, 2.45) is 0 Å². The molecule has 2 aromatic heterocycles. The van der Waals surface area contributed by atoms with Gasteiger partial charge in [0.1, 0.15) is 17.6 Å². The van der Waals surface area contributed by atoms with Crippen LogP contribution in [0.3, 0.4) is 0 Å². The number of rotatable bonds is 6. The summed E-state index contributed by atoms with van der Waals surface area (Å²) in [4.78, 5) is 25.2. The first kappa shape index (κ1) is 18.6. The highest BCUT2D eigenvalue weighted by Gasteiger charge is 2.15. The van der Waals surface area contributed by atoms with Gasteiger partial charge in [-0.15, -0.1) is 0 Å². The van der Waals surface area contributed by atoms with E-state index in [9.17, 15) is 4.79 Å². The fraction of sp³-hybridized carbons (Fsp3) is 0.182. The van der Waals surface area contributed by atoms with Crippen molar-refractivity contribution < 1.29 is 13.9 Å². The molecule has 0 aliphatic rings. The van der Waals surface area contributed by atoms with E-state index in [1.165, 1.54) is 6.33 Å². The Morgan fingerprint density at radius 2 is 2.00 bits per heavy atom. The first-order valence-electron chi connectivity index (χ1n) is 9.21. The maximum absolute atomic E-state index is 12.6. The molecule has 4 aromatic rings. The van der Waals surface area contributed by atoms with E-state index in [4.69, 9.17) is 9.15 Å². The van der Waals surface area contributed by atoms with E-state index >= 15 is 0 Å². The fourth-order valence-electron chi connectivity index (χ4n) is 3.02. The SMILES string of the molecule is COc1ccc(Cc2nc3ccc(C(=O)NC(C)c4ccncn4)cc3o2)cc1. The summed E-state index contributed by atoms with van der Waals surface area (Å²) in [5, 5.41) is 2.93. The van der Waals surface area contributed by atoms with E-state index < -0.39 is 0 Å². The lowest BCUT2D eigenvalue weighted by molar-refractivity contribution is 0.0939. The summed E-state index contributed by atoms with van der Waals surface area (Å²) < 4.78 is 11.0. The number of hydrogen-bond acceptors (Lipinski definition) is 6. The Kier molecular flexibility index (Phi) is 5.20. The molecule has 7 heteroatoms. The topological polar surface area (TPSA) is 90.1 Å². The lowest BCUT2D eigenvalue weighted by Gasteiger charge is -2.12. The third kappa shape index (κ3) is 4.24. The number of carbonyl (C=O) groups excluding carboxylic acids is 1. The largest absolute Gasteiger partial charge is 0.497 e. The quantitative estimate of drug-likeness (QED) is 0.542. The summed E-state index contributed by atoms with van der Waals surface area (Å²) in [7, 11) is 1.64. The third-order valence-corrected chi connectivity index (χ3v) is 4.61. The third-order valence-electron chi connectivity index (χ3n) is 4.61. The fourth-order valence-corrected chi connectivity index (χ4v) is 3.02. The Morgan fingerprint density at radius 1 is 1.17 bits per heavy atom. The smallest absolute Gasteiger partial charge is 0.251 e. The van der Waals surface area contributed by atoms with Crippen LogP contribution >= 0.6 is 0 Å². The van der Waals surface area contributed by atoms with Gasteiger partial charge in [-0.05, 0) is 48.9 Å². The van der Waals surface area contributed by atoms with E-state index in [2.05, 4.69) is 20.3 Å². The zero-order valence-electron chi connectivity index (χ0n) is 16.1. The molecule has 1 unspecified atom stereocenters. The van der Waals surface area contributed by atoms with Crippen molar-refractivity contribution in [2.45, 2.75) is 19.4 Å². The van der Waals surface area contributed by atoms with Gasteiger partial charge in [-0.3, -0.25) is 4.79 Å². The molecule has 0 aliphatic carbocycles. The average molecular weight is 388 g/mol. The number of fused-ring (bicyclic) bond motifs is 1. The van der Waals surface area contributed by atoms with Crippen molar-refractivity contribution in [2.75, 3.05) is 7.11 Å². The van der Waals surface area contributed by atoms with Crippen LogP contribution in [0.2, 0.25) is 0 Å². The van der Waals surface area contributed by atoms with Gasteiger partial charge in [0, 0.05) is 18.2 Å². The van der Waals surface area contributed by atoms with Crippen LogP contribution in [0.1, 0.15) is 40.5 Å². The second kappa shape index (κ2) is 8.10. The summed E-state index contributed by atoms with van der Waals surface area (Å²) in [5.41, 5.74) is 3.61. The second-order valence-electron chi connectivity index (χ2n) is 6.64. The molecule has 0 fully saturated rings. The molecule has 0 spiro atoms. The van der Waals surface area contributed by atoms with E-state index in [0.29, 0.717) is 29.0 Å². The van der Waals surface area contributed by atoms with Gasteiger partial charge < -0.3 is 14.5 Å². The number of benzene rings is 2. The van der Waals surface area contributed by atoms with Gasteiger partial charge in [0.05, 0.1) is 18.8 Å². The van der Waals surface area contributed by atoms with Crippen LogP contribution in [-0.2, 0) is 6.42 Å². The van der Waals surface area contributed by atoms with Crippen LogP contribution in [0.25, 0.3) is 11.1 Å². The summed E-state index contributed by atoms with van der Waals surface area (Å²) in [5.74, 6) is 1.20. The zero-order valence-corrected chi connectivity index (χ0v) is 16.1. The lowest BCUT2D eigenvalue weighted by atomic mass is 10.1. The summed E-state index contributed by atoms with van der Waals surface area (Å²) >= 11 is 0. The number of carbonyl (C=O) groups is 1. The van der Waals surface area contributed by atoms with E-state index in [-0.39, 0.29) is 11.9 Å². The molecular formula is C22H20N4O3. The van der Waals surface area contributed by atoms with Crippen molar-refractivity contribution in [1.82, 2.24) is 20.3 Å². The highest BCUT2D eigenvalue weighted by Crippen LogP contribution is 2.21. The minimum absolute atomic E-state index is 0.203. The maximum Gasteiger partial charge on any atom is 0.251 e. The molecule has 7 nitrogen and oxygen atoms in total. The molecule has 29 heavy (non-hydrogen) atoms. The Bertz CT molecular complexity index is 1120. The Morgan fingerprint density at radius 3 is 2.72 bits per heavy atom. The molecule has 1 atom stereocenters. The van der Waals surface area contributed by atoms with E-state index in [0.717, 1.165) is 17.0 Å². The summed E-state index contributed by atoms with van der Waals surface area (Å²) in [6, 6.07) is 14.5. The van der Waals surface area contributed by atoms with Gasteiger partial charge in [-0.1, -0.05) is 12.1 Å². The molecule has 0 bridgehead atoms. The molecule has 0 radical (unpaired) electrons. The standard InChI is InChI=1S/C22H20N4O3/c1-14(18-9-10-23-13-24-18)25-22(27)16-5-8-19-20(12-16)29-21(26-19)11-15-3-6-17(28-2)7-4-15/h3-10,12-14H,11H2,1-2H3,(H,25,27). The van der Waals surface area contributed by atoms with Crippen molar-refractivity contribution in [1.29, 1.82) is 0 Å². The molecule has 1 N–H and O–H groups in total. The van der Waals surface area contributed by atoms with E-state index in [1.807, 2.05) is 31.2 Å². The lowest BCUT2D eigenvalue weighted by Crippen LogP contribution is -2.27. The number of hydrogen-bond donors (Lipinski definition) is 1. The van der Waals surface area contributed by atoms with Crippen LogP contribution < -0.4 is 10.1 Å². The molecule has 1 amide bonds. The second-order valence-corrected chi connectivity index (χ2v) is 6.64. The number of oxazole rings is 1. The predicted molar refractivity (Wildman–Crippen MR) is 108 cm³/mol.